The minimum absolute atomic E-state index is 0.116. The van der Waals surface area contributed by atoms with Gasteiger partial charge in [-0.3, -0.25) is 4.99 Å². The van der Waals surface area contributed by atoms with Crippen molar-refractivity contribution in [1.82, 2.24) is 4.90 Å². The summed E-state index contributed by atoms with van der Waals surface area (Å²) in [6, 6.07) is 0. The molecule has 19 heavy (non-hydrogen) atoms. The van der Waals surface area contributed by atoms with Gasteiger partial charge in [0.2, 0.25) is 0 Å². The van der Waals surface area contributed by atoms with E-state index >= 15 is 0 Å². The van der Waals surface area contributed by atoms with Gasteiger partial charge in [-0.15, -0.1) is 0 Å². The number of unbranched alkanes of at least 4 members (excludes halogenated alkanes) is 5. The molecule has 1 aliphatic heterocycles. The van der Waals surface area contributed by atoms with Crippen molar-refractivity contribution < 1.29 is 0 Å². The van der Waals surface area contributed by atoms with Gasteiger partial charge in [-0.1, -0.05) is 38.3 Å². The second-order valence-electron chi connectivity index (χ2n) is 5.44. The molecule has 0 spiro atoms. The molecule has 1 aliphatic rings. The van der Waals surface area contributed by atoms with E-state index in [0.29, 0.717) is 0 Å². The summed E-state index contributed by atoms with van der Waals surface area (Å²) in [5, 5.41) is 0. The van der Waals surface area contributed by atoms with Gasteiger partial charge in [0.05, 0.1) is 12.7 Å². The summed E-state index contributed by atoms with van der Waals surface area (Å²) in [5.41, 5.74) is 5.94. The van der Waals surface area contributed by atoms with Crippen molar-refractivity contribution in [2.24, 2.45) is 10.7 Å². The molecule has 3 heteroatoms. The van der Waals surface area contributed by atoms with Gasteiger partial charge in [0.15, 0.2) is 0 Å². The van der Waals surface area contributed by atoms with Crippen LogP contribution in [-0.4, -0.2) is 30.0 Å². The van der Waals surface area contributed by atoms with Crippen LogP contribution in [0, 0.1) is 0 Å². The van der Waals surface area contributed by atoms with E-state index < -0.39 is 0 Å². The molecule has 0 aromatic heterocycles. The molecule has 3 nitrogen and oxygen atoms in total. The van der Waals surface area contributed by atoms with E-state index in [2.05, 4.69) is 29.0 Å². The van der Waals surface area contributed by atoms with Crippen LogP contribution < -0.4 is 5.73 Å². The van der Waals surface area contributed by atoms with Gasteiger partial charge in [-0.25, -0.2) is 0 Å². The van der Waals surface area contributed by atoms with Crippen molar-refractivity contribution >= 4 is 5.84 Å². The van der Waals surface area contributed by atoms with Crippen molar-refractivity contribution in [2.75, 3.05) is 13.1 Å². The third kappa shape index (κ3) is 6.76. The number of aliphatic imine (C=N–C) groups is 1. The lowest BCUT2D eigenvalue weighted by Gasteiger charge is -2.24. The Morgan fingerprint density at radius 2 is 1.95 bits per heavy atom. The predicted octanol–water partition coefficient (Wildman–Crippen LogP) is 3.70. The molecular weight excluding hydrogens is 234 g/mol. The lowest BCUT2D eigenvalue weighted by atomic mass is 10.1. The van der Waals surface area contributed by atoms with Crippen LogP contribution in [0.25, 0.3) is 0 Å². The molecule has 0 radical (unpaired) electrons. The summed E-state index contributed by atoms with van der Waals surface area (Å²) >= 11 is 0. The fourth-order valence-electron chi connectivity index (χ4n) is 2.47. The molecule has 0 aromatic carbocycles. The predicted molar refractivity (Wildman–Crippen MR) is 84.4 cm³/mol. The van der Waals surface area contributed by atoms with Gasteiger partial charge in [0.25, 0.3) is 0 Å². The van der Waals surface area contributed by atoms with E-state index in [0.717, 1.165) is 19.5 Å². The Morgan fingerprint density at radius 3 is 2.68 bits per heavy atom. The van der Waals surface area contributed by atoms with Crippen LogP contribution in [0.1, 0.15) is 65.2 Å². The average Bonchev–Trinajstić information content (AvgIpc) is 2.85. The zero-order valence-corrected chi connectivity index (χ0v) is 12.8. The molecule has 0 amide bonds. The van der Waals surface area contributed by atoms with Gasteiger partial charge < -0.3 is 10.6 Å². The van der Waals surface area contributed by atoms with E-state index in [1.807, 2.05) is 6.92 Å². The highest BCUT2D eigenvalue weighted by molar-refractivity contribution is 5.83. The van der Waals surface area contributed by atoms with Crippen LogP contribution in [-0.2, 0) is 0 Å². The highest BCUT2D eigenvalue weighted by Crippen LogP contribution is 2.12. The number of hydrogen-bond acceptors (Lipinski definition) is 3. The first-order valence-electron chi connectivity index (χ1n) is 7.96. The zero-order valence-electron chi connectivity index (χ0n) is 12.8. The topological polar surface area (TPSA) is 41.6 Å². The summed E-state index contributed by atoms with van der Waals surface area (Å²) in [6.07, 6.45) is 14.8. The van der Waals surface area contributed by atoms with Crippen LogP contribution in [0.2, 0.25) is 0 Å². The van der Waals surface area contributed by atoms with E-state index in [-0.39, 0.29) is 6.17 Å². The molecule has 0 aromatic rings. The van der Waals surface area contributed by atoms with Gasteiger partial charge in [-0.2, -0.15) is 0 Å². The molecule has 110 valence electrons. The molecule has 2 N–H and O–H groups in total. The quantitative estimate of drug-likeness (QED) is 0.483. The summed E-state index contributed by atoms with van der Waals surface area (Å²) in [6.45, 7) is 6.21. The Labute approximate surface area is 119 Å². The number of amidine groups is 1. The van der Waals surface area contributed by atoms with Crippen molar-refractivity contribution in [3.05, 3.63) is 12.2 Å². The number of nitrogens with two attached hydrogens (primary N) is 1. The number of nitrogens with zero attached hydrogens (tertiary/aromatic N) is 2. The summed E-state index contributed by atoms with van der Waals surface area (Å²) < 4.78 is 0. The highest BCUT2D eigenvalue weighted by Gasteiger charge is 2.18. The van der Waals surface area contributed by atoms with Gasteiger partial charge >= 0.3 is 0 Å². The van der Waals surface area contributed by atoms with E-state index in [4.69, 9.17) is 5.73 Å². The maximum absolute atomic E-state index is 5.94. The summed E-state index contributed by atoms with van der Waals surface area (Å²) in [7, 11) is 0. The number of allylic oxidation sites excluding steroid dienone is 2. The molecule has 0 saturated heterocycles. The minimum atomic E-state index is 0.116. The van der Waals surface area contributed by atoms with Crippen molar-refractivity contribution in [1.29, 1.82) is 0 Å². The van der Waals surface area contributed by atoms with Gasteiger partial charge in [-0.05, 0) is 32.6 Å². The Kier molecular flexibility index (Phi) is 8.55. The van der Waals surface area contributed by atoms with Crippen LogP contribution in [0.15, 0.2) is 17.1 Å². The van der Waals surface area contributed by atoms with Crippen LogP contribution in [0.4, 0.5) is 0 Å². The molecule has 1 atom stereocenters. The third-order valence-electron chi connectivity index (χ3n) is 3.60. The fourth-order valence-corrected chi connectivity index (χ4v) is 2.47. The van der Waals surface area contributed by atoms with E-state index in [1.165, 1.54) is 50.8 Å². The number of rotatable bonds is 10. The summed E-state index contributed by atoms with van der Waals surface area (Å²) in [4.78, 5) is 6.80. The van der Waals surface area contributed by atoms with E-state index in [9.17, 15) is 0 Å². The lowest BCUT2D eigenvalue weighted by molar-refractivity contribution is 0.359. The Balaban J connectivity index is 1.99. The maximum Gasteiger partial charge on any atom is 0.100 e. The van der Waals surface area contributed by atoms with Gasteiger partial charge in [0, 0.05) is 13.0 Å². The van der Waals surface area contributed by atoms with Crippen molar-refractivity contribution in [3.63, 3.8) is 0 Å². The second-order valence-corrected chi connectivity index (χ2v) is 5.44. The summed E-state index contributed by atoms with van der Waals surface area (Å²) in [5.74, 6) is 1.23. The number of hydrogen-bond donors (Lipinski definition) is 1. The van der Waals surface area contributed by atoms with Crippen molar-refractivity contribution in [2.45, 2.75) is 71.4 Å². The third-order valence-corrected chi connectivity index (χ3v) is 3.60. The van der Waals surface area contributed by atoms with Crippen LogP contribution >= 0.6 is 0 Å². The molecule has 1 rings (SSSR count). The van der Waals surface area contributed by atoms with E-state index in [1.54, 1.807) is 0 Å². The monoisotopic (exact) mass is 265 g/mol. The minimum Gasteiger partial charge on any atom is -0.343 e. The Morgan fingerprint density at radius 1 is 1.21 bits per heavy atom. The standard InChI is InChI=1S/C16H31N3/c1-3-4-5-6-7-8-9-10-11-12-16-18-13-14-19(16)15(2)17/h5-6,15H,3-4,7-14,17H2,1-2H3/b6-5+. The smallest absolute Gasteiger partial charge is 0.100 e. The molecule has 0 saturated carbocycles. The maximum atomic E-state index is 5.94. The largest absolute Gasteiger partial charge is 0.343 e. The SMILES string of the molecule is CCC/C=C/CCCCCCC1=NCCN1C(C)N. The normalized spacial score (nSPS) is 17.2. The first-order chi connectivity index (χ1) is 9.25. The molecule has 0 bridgehead atoms. The zero-order chi connectivity index (χ0) is 13.9. The fraction of sp³-hybridized carbons (Fsp3) is 0.812. The second kappa shape index (κ2) is 10.0. The Bertz CT molecular complexity index is 282. The van der Waals surface area contributed by atoms with Crippen LogP contribution in [0.3, 0.4) is 0 Å². The molecule has 0 aliphatic carbocycles. The highest BCUT2D eigenvalue weighted by atomic mass is 15.3. The van der Waals surface area contributed by atoms with Crippen LogP contribution in [0.5, 0.6) is 0 Å². The van der Waals surface area contributed by atoms with Crippen molar-refractivity contribution in [3.8, 4) is 0 Å². The Hall–Kier alpha value is -0.830. The first kappa shape index (κ1) is 16.2. The molecule has 1 heterocycles. The molecule has 1 unspecified atom stereocenters. The molecular formula is C16H31N3. The first-order valence-corrected chi connectivity index (χ1v) is 7.96. The average molecular weight is 265 g/mol. The molecule has 0 fully saturated rings. The van der Waals surface area contributed by atoms with Gasteiger partial charge in [0.1, 0.15) is 5.84 Å². The lowest BCUT2D eigenvalue weighted by Crippen LogP contribution is -2.41.